The Balaban J connectivity index is 2.90. The van der Waals surface area contributed by atoms with Crippen LogP contribution < -0.4 is 11.1 Å². The molecule has 0 amide bonds. The Hall–Kier alpha value is -0.500. The third-order valence-electron chi connectivity index (χ3n) is 1.54. The smallest absolute Gasteiger partial charge is 0.311 e. The maximum atomic E-state index is 5.70. The van der Waals surface area contributed by atoms with Crippen LogP contribution in [0.5, 0.6) is 0 Å². The standard InChI is InChI=1S/C7H11N3S/c1-2-5-6(11)7(8)10-4-3-9-5/h7,10H,2,4,8H2,1H3/p+1. The molecule has 0 saturated heterocycles. The molecule has 0 spiro atoms. The molecule has 0 aromatic rings. The van der Waals surface area contributed by atoms with Crippen LogP contribution in [-0.2, 0) is 0 Å². The predicted molar refractivity (Wildman–Crippen MR) is 49.5 cm³/mol. The van der Waals surface area contributed by atoms with Crippen LogP contribution in [-0.4, -0.2) is 12.7 Å². The Morgan fingerprint density at radius 2 is 2.64 bits per heavy atom. The normalized spacial score (nSPS) is 24.1. The minimum atomic E-state index is -0.188. The van der Waals surface area contributed by atoms with Crippen LogP contribution in [0.2, 0.25) is 0 Å². The molecule has 0 radical (unpaired) electrons. The van der Waals surface area contributed by atoms with Gasteiger partial charge in [-0.05, 0) is 4.85 Å². The SMILES string of the molecule is CCC1=C(S)C(N)NCC#[N+]1. The lowest BCUT2D eigenvalue weighted by atomic mass is 10.3. The molecule has 0 aliphatic carbocycles. The van der Waals surface area contributed by atoms with Crippen LogP contribution in [0.3, 0.4) is 0 Å². The monoisotopic (exact) mass is 170 g/mol. The fourth-order valence-electron chi connectivity index (χ4n) is 0.884. The summed E-state index contributed by atoms with van der Waals surface area (Å²) < 4.78 is 0. The number of allylic oxidation sites excluding steroid dienone is 1. The third kappa shape index (κ3) is 1.96. The van der Waals surface area contributed by atoms with Crippen LogP contribution in [0, 0.1) is 6.07 Å². The summed E-state index contributed by atoms with van der Waals surface area (Å²) in [5, 5.41) is 3.00. The summed E-state index contributed by atoms with van der Waals surface area (Å²) in [4.78, 5) is 4.90. The van der Waals surface area contributed by atoms with E-state index in [1.807, 2.05) is 6.92 Å². The summed E-state index contributed by atoms with van der Waals surface area (Å²) in [5.41, 5.74) is 6.62. The summed E-state index contributed by atoms with van der Waals surface area (Å²) in [5.74, 6) is 0. The highest BCUT2D eigenvalue weighted by atomic mass is 32.1. The van der Waals surface area contributed by atoms with Gasteiger partial charge in [-0.3, -0.25) is 5.32 Å². The first kappa shape index (κ1) is 8.60. The second-order valence-electron chi connectivity index (χ2n) is 2.31. The van der Waals surface area contributed by atoms with Gasteiger partial charge in [0.1, 0.15) is 6.54 Å². The second kappa shape index (κ2) is 3.77. The van der Waals surface area contributed by atoms with Gasteiger partial charge >= 0.3 is 5.70 Å². The molecular weight excluding hydrogens is 158 g/mol. The van der Waals surface area contributed by atoms with E-state index in [1.54, 1.807) is 0 Å². The number of rotatable bonds is 1. The summed E-state index contributed by atoms with van der Waals surface area (Å²) in [6.45, 7) is 2.61. The van der Waals surface area contributed by atoms with Gasteiger partial charge in [-0.15, -0.1) is 12.6 Å². The van der Waals surface area contributed by atoms with E-state index in [0.29, 0.717) is 6.54 Å². The molecule has 0 aromatic heterocycles. The zero-order valence-corrected chi connectivity index (χ0v) is 7.36. The Bertz CT molecular complexity index is 236. The van der Waals surface area contributed by atoms with Gasteiger partial charge in [0.2, 0.25) is 0 Å². The van der Waals surface area contributed by atoms with E-state index >= 15 is 0 Å². The molecule has 1 atom stereocenters. The second-order valence-corrected chi connectivity index (χ2v) is 2.80. The molecule has 3 N–H and O–H groups in total. The number of nitrogens with two attached hydrogens (primary N) is 1. The number of nitrogens with zero attached hydrogens (tertiary/aromatic N) is 1. The lowest BCUT2D eigenvalue weighted by molar-refractivity contribution is 0.658. The van der Waals surface area contributed by atoms with Gasteiger partial charge in [0.25, 0.3) is 6.07 Å². The predicted octanol–water partition coefficient (Wildman–Crippen LogP) is 0.759. The Morgan fingerprint density at radius 1 is 1.91 bits per heavy atom. The molecule has 1 aliphatic heterocycles. The minimum Gasteiger partial charge on any atom is -0.311 e. The molecule has 4 heteroatoms. The Morgan fingerprint density at radius 3 is 3.27 bits per heavy atom. The number of thiol groups is 1. The average Bonchev–Trinajstić information content (AvgIpc) is 2.16. The van der Waals surface area contributed by atoms with Crippen LogP contribution >= 0.6 is 12.6 Å². The Labute approximate surface area is 71.9 Å². The lowest BCUT2D eigenvalue weighted by Crippen LogP contribution is -2.37. The molecule has 60 valence electrons. The summed E-state index contributed by atoms with van der Waals surface area (Å²) in [7, 11) is 0. The van der Waals surface area contributed by atoms with Crippen molar-refractivity contribution in [1.82, 2.24) is 5.32 Å². The largest absolute Gasteiger partial charge is 0.328 e. The highest BCUT2D eigenvalue weighted by Gasteiger charge is 2.19. The van der Waals surface area contributed by atoms with E-state index in [9.17, 15) is 0 Å². The van der Waals surface area contributed by atoms with E-state index < -0.39 is 0 Å². The van der Waals surface area contributed by atoms with E-state index in [4.69, 9.17) is 5.73 Å². The van der Waals surface area contributed by atoms with E-state index in [0.717, 1.165) is 17.0 Å². The molecular formula is C7H12N3S+. The maximum Gasteiger partial charge on any atom is 0.328 e. The molecule has 11 heavy (non-hydrogen) atoms. The topological polar surface area (TPSA) is 42.4 Å². The minimum absolute atomic E-state index is 0.188. The van der Waals surface area contributed by atoms with Crippen molar-refractivity contribution in [3.8, 4) is 6.07 Å². The van der Waals surface area contributed by atoms with Crippen molar-refractivity contribution < 1.29 is 0 Å². The van der Waals surface area contributed by atoms with Crippen molar-refractivity contribution in [2.75, 3.05) is 6.54 Å². The van der Waals surface area contributed by atoms with Crippen LogP contribution in [0.15, 0.2) is 10.6 Å². The first-order chi connectivity index (χ1) is 5.25. The zero-order valence-electron chi connectivity index (χ0n) is 6.46. The first-order valence-corrected chi connectivity index (χ1v) is 4.05. The molecule has 3 nitrogen and oxygen atoms in total. The average molecular weight is 170 g/mol. The third-order valence-corrected chi connectivity index (χ3v) is 2.08. The fraction of sp³-hybridized carbons (Fsp3) is 0.571. The molecule has 1 rings (SSSR count). The van der Waals surface area contributed by atoms with Crippen molar-refractivity contribution in [3.05, 3.63) is 15.4 Å². The van der Waals surface area contributed by atoms with Gasteiger partial charge in [-0.25, -0.2) is 0 Å². The van der Waals surface area contributed by atoms with Gasteiger partial charge < -0.3 is 5.73 Å². The van der Waals surface area contributed by atoms with E-state index in [2.05, 4.69) is 28.9 Å². The van der Waals surface area contributed by atoms with Gasteiger partial charge in [-0.2, -0.15) is 0 Å². The number of hydrogen-bond donors (Lipinski definition) is 3. The van der Waals surface area contributed by atoms with Crippen molar-refractivity contribution in [2.24, 2.45) is 5.73 Å². The van der Waals surface area contributed by atoms with Crippen molar-refractivity contribution in [3.63, 3.8) is 0 Å². The van der Waals surface area contributed by atoms with Gasteiger partial charge in [-0.1, -0.05) is 6.92 Å². The zero-order chi connectivity index (χ0) is 8.27. The highest BCUT2D eigenvalue weighted by molar-refractivity contribution is 7.84. The molecule has 0 aromatic carbocycles. The summed E-state index contributed by atoms with van der Waals surface area (Å²) in [6, 6.07) is 2.84. The van der Waals surface area contributed by atoms with Crippen LogP contribution in [0.25, 0.3) is 4.85 Å². The molecule has 1 unspecified atom stereocenters. The van der Waals surface area contributed by atoms with Crippen LogP contribution in [0.4, 0.5) is 0 Å². The van der Waals surface area contributed by atoms with Crippen LogP contribution in [0.1, 0.15) is 13.3 Å². The van der Waals surface area contributed by atoms with E-state index in [1.165, 1.54) is 0 Å². The number of nitrogens with one attached hydrogen (secondary N) is 1. The summed E-state index contributed by atoms with van der Waals surface area (Å²) >= 11 is 4.26. The molecule has 1 aliphatic rings. The lowest BCUT2D eigenvalue weighted by Gasteiger charge is -2.06. The highest BCUT2D eigenvalue weighted by Crippen LogP contribution is 2.16. The van der Waals surface area contributed by atoms with Gasteiger partial charge in [0.05, 0.1) is 11.1 Å². The molecule has 1 heterocycles. The van der Waals surface area contributed by atoms with Crippen molar-refractivity contribution in [2.45, 2.75) is 19.5 Å². The molecule has 0 bridgehead atoms. The van der Waals surface area contributed by atoms with Gasteiger partial charge in [0.15, 0.2) is 0 Å². The van der Waals surface area contributed by atoms with Crippen molar-refractivity contribution in [1.29, 1.82) is 0 Å². The van der Waals surface area contributed by atoms with Gasteiger partial charge in [0, 0.05) is 6.42 Å². The number of hydrogen-bond acceptors (Lipinski definition) is 3. The summed E-state index contributed by atoms with van der Waals surface area (Å²) in [6.07, 6.45) is 0.660. The quantitative estimate of drug-likeness (QED) is 0.402. The Kier molecular flexibility index (Phi) is 2.94. The van der Waals surface area contributed by atoms with Crippen molar-refractivity contribution >= 4 is 12.6 Å². The fourth-order valence-corrected chi connectivity index (χ4v) is 1.18. The van der Waals surface area contributed by atoms with E-state index in [-0.39, 0.29) is 6.17 Å². The molecule has 0 saturated carbocycles. The first-order valence-electron chi connectivity index (χ1n) is 3.60. The maximum absolute atomic E-state index is 5.70. The molecule has 0 fully saturated rings.